The van der Waals surface area contributed by atoms with E-state index in [1.165, 1.54) is 43.7 Å². The lowest BCUT2D eigenvalue weighted by Crippen LogP contribution is -2.61. The quantitative estimate of drug-likeness (QED) is 0.0289. The predicted octanol–water partition coefficient (Wildman–Crippen LogP) is 0.0384. The van der Waals surface area contributed by atoms with Crippen molar-refractivity contribution in [1.29, 1.82) is 5.41 Å². The SMILES string of the molecule is CCCC[C@H](NC(C)=O)C(O)N[C@H]1CCC(=O)NCCCCNC(=O)[C@H](Cc2c[nH]c3ccccc23)NC(=O)[C@H](CCCNC(=N)N)NC(=O)[C@@H](Cc2ccc(F)cc2)NC(=O)[C@H](Cc2c[nH]cn2)NC1=O. The van der Waals surface area contributed by atoms with Gasteiger partial charge < -0.3 is 63.3 Å². The molecule has 1 aliphatic rings. The maximum Gasteiger partial charge on any atom is 0.243 e. The van der Waals surface area contributed by atoms with Crippen LogP contribution >= 0.6 is 0 Å². The highest BCUT2D eigenvalue weighted by Gasteiger charge is 2.34. The number of nitrogens with one attached hydrogen (secondary N) is 12. The first-order valence-electron chi connectivity index (χ1n) is 24.4. The number of fused-ring (bicyclic) bond motifs is 1. The highest BCUT2D eigenvalue weighted by Crippen LogP contribution is 2.20. The normalized spacial score (nSPS) is 21.2. The van der Waals surface area contributed by atoms with Crippen molar-refractivity contribution >= 4 is 58.2 Å². The van der Waals surface area contributed by atoms with E-state index in [1.807, 2.05) is 31.2 Å². The molecule has 0 spiro atoms. The summed E-state index contributed by atoms with van der Waals surface area (Å²) in [5.41, 5.74) is 7.86. The second-order valence-corrected chi connectivity index (χ2v) is 17.9. The molecule has 5 rings (SSSR count). The fourth-order valence-corrected chi connectivity index (χ4v) is 8.29. The van der Waals surface area contributed by atoms with Crippen LogP contribution in [0, 0.1) is 11.2 Å². The molecule has 1 fully saturated rings. The number of halogens is 1. The summed E-state index contributed by atoms with van der Waals surface area (Å²) >= 11 is 0. The van der Waals surface area contributed by atoms with Crippen LogP contribution in [-0.4, -0.2) is 129 Å². The zero-order valence-electron chi connectivity index (χ0n) is 40.7. The van der Waals surface area contributed by atoms with Crippen molar-refractivity contribution in [1.82, 2.24) is 62.8 Å². The fourth-order valence-electron chi connectivity index (χ4n) is 8.29. The number of hydrogen-bond donors (Lipinski definition) is 14. The van der Waals surface area contributed by atoms with Crippen LogP contribution in [0.1, 0.15) is 88.5 Å². The molecule has 1 saturated heterocycles. The third-order valence-electron chi connectivity index (χ3n) is 12.1. The molecule has 1 unspecified atom stereocenters. The smallest absolute Gasteiger partial charge is 0.243 e. The van der Waals surface area contributed by atoms with Gasteiger partial charge in [0.05, 0.1) is 24.1 Å². The van der Waals surface area contributed by atoms with Gasteiger partial charge in [0.15, 0.2) is 5.96 Å². The van der Waals surface area contributed by atoms with Gasteiger partial charge >= 0.3 is 0 Å². The Labute approximate surface area is 417 Å². The number of guanidine groups is 1. The summed E-state index contributed by atoms with van der Waals surface area (Å²) in [5.74, 6) is -5.38. The molecule has 0 saturated carbocycles. The van der Waals surface area contributed by atoms with Crippen molar-refractivity contribution in [2.24, 2.45) is 5.73 Å². The molecule has 2 aromatic carbocycles. The maximum atomic E-state index is 14.6. The van der Waals surface area contributed by atoms with E-state index in [0.29, 0.717) is 36.9 Å². The number of rotatable bonds is 17. The lowest BCUT2D eigenvalue weighted by Gasteiger charge is -2.30. The van der Waals surface area contributed by atoms with E-state index in [-0.39, 0.29) is 70.5 Å². The summed E-state index contributed by atoms with van der Waals surface area (Å²) in [6.07, 6.45) is 5.36. The van der Waals surface area contributed by atoms with E-state index >= 15 is 0 Å². The fraction of sp³-hybridized carbons (Fsp3) is 0.490. The number of imidazole rings is 1. The van der Waals surface area contributed by atoms with E-state index in [2.05, 4.69) is 62.8 Å². The van der Waals surface area contributed by atoms with Gasteiger partial charge in [-0.2, -0.15) is 0 Å². The average molecular weight is 1000 g/mol. The molecule has 3 heterocycles. The highest BCUT2D eigenvalue weighted by molar-refractivity contribution is 5.96. The number of amides is 7. The number of benzene rings is 2. The Balaban J connectivity index is 1.51. The summed E-state index contributed by atoms with van der Waals surface area (Å²) in [4.78, 5) is 108. The van der Waals surface area contributed by atoms with Crippen molar-refractivity contribution in [3.05, 3.63) is 89.9 Å². The molecule has 15 N–H and O–H groups in total. The Morgan fingerprint density at radius 1 is 0.833 bits per heavy atom. The number of carbonyl (C=O) groups excluding carboxylic acids is 7. The third-order valence-corrected chi connectivity index (χ3v) is 12.1. The van der Waals surface area contributed by atoms with Crippen LogP contribution in [0.25, 0.3) is 10.9 Å². The first kappa shape index (κ1) is 55.5. The lowest BCUT2D eigenvalue weighted by molar-refractivity contribution is -0.135. The second kappa shape index (κ2) is 28.4. The molecule has 390 valence electrons. The molecule has 4 aromatic rings. The molecule has 23 heteroatoms. The van der Waals surface area contributed by atoms with Crippen LogP contribution in [0.2, 0.25) is 0 Å². The molecular weight excluding hydrogens is 932 g/mol. The van der Waals surface area contributed by atoms with Gasteiger partial charge in [-0.1, -0.05) is 50.1 Å². The number of aromatic amines is 2. The zero-order chi connectivity index (χ0) is 52.0. The molecule has 0 aliphatic carbocycles. The van der Waals surface area contributed by atoms with Crippen molar-refractivity contribution in [2.75, 3.05) is 19.6 Å². The van der Waals surface area contributed by atoms with Gasteiger partial charge in [-0.3, -0.25) is 44.3 Å². The Morgan fingerprint density at radius 2 is 1.49 bits per heavy atom. The van der Waals surface area contributed by atoms with Crippen LogP contribution in [0.4, 0.5) is 4.39 Å². The van der Waals surface area contributed by atoms with E-state index in [0.717, 1.165) is 22.9 Å². The van der Waals surface area contributed by atoms with Crippen LogP contribution in [0.15, 0.2) is 67.3 Å². The van der Waals surface area contributed by atoms with Crippen molar-refractivity contribution in [3.63, 3.8) is 0 Å². The van der Waals surface area contributed by atoms with E-state index < -0.39 is 89.6 Å². The number of unbranched alkanes of at least 4 members (excludes halogenated alkanes) is 1. The molecule has 7 amide bonds. The van der Waals surface area contributed by atoms with Gasteiger partial charge in [0.2, 0.25) is 41.4 Å². The number of aliphatic hydroxyl groups is 1. The van der Waals surface area contributed by atoms with E-state index in [1.54, 1.807) is 6.20 Å². The molecule has 0 radical (unpaired) electrons. The van der Waals surface area contributed by atoms with Gasteiger partial charge in [-0.25, -0.2) is 9.37 Å². The molecule has 22 nitrogen and oxygen atoms in total. The number of nitrogens with two attached hydrogens (primary N) is 1. The van der Waals surface area contributed by atoms with Crippen LogP contribution in [0.3, 0.4) is 0 Å². The Hall–Kier alpha value is -7.40. The van der Waals surface area contributed by atoms with Crippen LogP contribution in [0.5, 0.6) is 0 Å². The summed E-state index contributed by atoms with van der Waals surface area (Å²) in [7, 11) is 0. The molecule has 1 aliphatic heterocycles. The number of para-hydroxylation sites is 1. The van der Waals surface area contributed by atoms with Crippen LogP contribution < -0.4 is 53.6 Å². The Morgan fingerprint density at radius 3 is 2.17 bits per heavy atom. The number of hydrogen-bond acceptors (Lipinski definition) is 11. The minimum absolute atomic E-state index is 0.0124. The van der Waals surface area contributed by atoms with E-state index in [9.17, 15) is 43.1 Å². The number of H-pyrrole nitrogens is 2. The van der Waals surface area contributed by atoms with Crippen molar-refractivity contribution in [3.8, 4) is 0 Å². The van der Waals surface area contributed by atoms with Crippen molar-refractivity contribution < 1.29 is 43.1 Å². The number of carbonyl (C=O) groups is 7. The van der Waals surface area contributed by atoms with Gasteiger partial charge in [-0.05, 0) is 67.9 Å². The molecular formula is C49H69FN14O8. The van der Waals surface area contributed by atoms with Gasteiger partial charge in [0.25, 0.3) is 0 Å². The summed E-state index contributed by atoms with van der Waals surface area (Å²) < 4.78 is 14.1. The first-order valence-corrected chi connectivity index (χ1v) is 24.4. The maximum absolute atomic E-state index is 14.6. The topological polar surface area (TPSA) is 342 Å². The Kier molecular flexibility index (Phi) is 21.9. The standard InChI is InChI=1S/C49H69FN14O8/c1-3-4-11-36(59-29(2)65)44(68)61-38-18-19-42(66)54-20-7-8-21-55-43(67)40(24-31-26-57-35-12-6-5-10-34(31)35)63-45(69)37(13-9-22-56-49(51)52)60-47(71)39(23-30-14-16-32(50)17-15-30)62-48(72)41(64-46(38)70)25-33-27-53-28-58-33/h5-6,10,12,14-17,26-28,36-41,44,57,61,68H,3-4,7-9,11,13,18-25H2,1-2H3,(H,53,58)(H,54,66)(H,55,67)(H,59,65)(H,60,71)(H,62,72)(H,63,69)(H,64,70)(H4,51,52,56)/t36-,37-,38-,39+,40-,41-,44?/m0/s1. The lowest BCUT2D eigenvalue weighted by atomic mass is 10.0. The first-order chi connectivity index (χ1) is 34.6. The summed E-state index contributed by atoms with van der Waals surface area (Å²) in [6.45, 7) is 3.81. The average Bonchev–Trinajstić information content (AvgIpc) is 4.03. The number of aromatic nitrogens is 3. The van der Waals surface area contributed by atoms with Crippen molar-refractivity contribution in [2.45, 2.75) is 133 Å². The van der Waals surface area contributed by atoms with Gasteiger partial charge in [-0.15, -0.1) is 0 Å². The van der Waals surface area contributed by atoms with Gasteiger partial charge in [0.1, 0.15) is 36.2 Å². The predicted molar refractivity (Wildman–Crippen MR) is 266 cm³/mol. The molecule has 72 heavy (non-hydrogen) atoms. The summed E-state index contributed by atoms with van der Waals surface area (Å²) in [6, 6.07) is 5.31. The highest BCUT2D eigenvalue weighted by atomic mass is 19.1. The second-order valence-electron chi connectivity index (χ2n) is 17.9. The Bertz CT molecular complexity index is 2430. The third kappa shape index (κ3) is 18.1. The minimum Gasteiger partial charge on any atom is -0.376 e. The largest absolute Gasteiger partial charge is 0.376 e. The number of nitrogens with zero attached hydrogens (tertiary/aromatic N) is 1. The number of aliphatic hydroxyl groups excluding tert-OH is 1. The molecule has 0 bridgehead atoms. The summed E-state index contributed by atoms with van der Waals surface area (Å²) in [5, 5.41) is 44.9. The molecule has 2 aromatic heterocycles. The minimum atomic E-state index is -1.45. The van der Waals surface area contributed by atoms with Gasteiger partial charge in [0, 0.05) is 75.5 Å². The molecule has 7 atom stereocenters. The van der Waals surface area contributed by atoms with Crippen LogP contribution in [-0.2, 0) is 52.8 Å². The van der Waals surface area contributed by atoms with E-state index in [4.69, 9.17) is 11.1 Å². The monoisotopic (exact) mass is 1000 g/mol. The zero-order valence-corrected chi connectivity index (χ0v) is 40.7.